The van der Waals surface area contributed by atoms with Crippen LogP contribution in [-0.2, 0) is 6.42 Å². The van der Waals surface area contributed by atoms with Crippen LogP contribution in [0, 0.1) is 38.4 Å². The molecule has 0 fully saturated rings. The van der Waals surface area contributed by atoms with E-state index >= 15 is 0 Å². The molecule has 0 aliphatic heterocycles. The zero-order valence-corrected chi connectivity index (χ0v) is 20.6. The Labute approximate surface area is 213 Å². The molecule has 4 N–H and O–H groups in total. The van der Waals surface area contributed by atoms with Crippen molar-refractivity contribution in [3.05, 3.63) is 58.9 Å². The Kier molecular flexibility index (Phi) is 9.61. The number of hydrogen-bond acceptors (Lipinski definition) is 7. The number of nitrogens with zero attached hydrogens (tertiary/aromatic N) is 6. The molecule has 2 amide bonds. The number of carbonyl (C=O) groups excluding carboxylic acids is 2. The number of primary amides is 1. The number of unbranched alkanes of at least 4 members (excludes halogenated alkanes) is 1. The lowest BCUT2D eigenvalue weighted by molar-refractivity contribution is 0.0781. The summed E-state index contributed by atoms with van der Waals surface area (Å²) in [7, 11) is 1.64. The number of hydrogen-bond donors (Lipinski definition) is 2. The second-order valence-electron chi connectivity index (χ2n) is 7.80. The molecule has 3 aromatic heterocycles. The normalized spacial score (nSPS) is 10.1. The number of carbonyl (C=O) groups is 2. The number of amides is 2. The van der Waals surface area contributed by atoms with Crippen LogP contribution < -0.4 is 11.5 Å². The molecular formula is C26H27FN8O2. The minimum Gasteiger partial charge on any atom is -0.368 e. The van der Waals surface area contributed by atoms with Crippen LogP contribution in [0.1, 0.15) is 45.1 Å². The molecule has 0 bridgehead atoms. The van der Waals surface area contributed by atoms with Gasteiger partial charge in [-0.15, -0.1) is 30.8 Å². The van der Waals surface area contributed by atoms with Gasteiger partial charge >= 0.3 is 0 Å². The Balaban J connectivity index is 0.00000115. The maximum Gasteiger partial charge on any atom is 0.273 e. The van der Waals surface area contributed by atoms with Crippen molar-refractivity contribution in [1.82, 2.24) is 29.5 Å². The zero-order chi connectivity index (χ0) is 27.7. The fourth-order valence-electron chi connectivity index (χ4n) is 3.70. The van der Waals surface area contributed by atoms with E-state index in [-0.39, 0.29) is 28.9 Å². The van der Waals surface area contributed by atoms with Crippen molar-refractivity contribution >= 4 is 34.3 Å². The molecule has 0 atom stereocenters. The number of halogens is 1. The fourth-order valence-corrected chi connectivity index (χ4v) is 3.70. The first kappa shape index (κ1) is 28.2. The first-order valence-electron chi connectivity index (χ1n) is 11.0. The van der Waals surface area contributed by atoms with Gasteiger partial charge in [-0.05, 0) is 49.6 Å². The van der Waals surface area contributed by atoms with Crippen molar-refractivity contribution < 1.29 is 14.0 Å². The van der Waals surface area contributed by atoms with Gasteiger partial charge in [-0.1, -0.05) is 0 Å². The lowest BCUT2D eigenvalue weighted by Crippen LogP contribution is -2.31. The molecular weight excluding hydrogens is 475 g/mol. The molecule has 3 heterocycles. The molecule has 0 saturated heterocycles. The number of pyridine rings is 1. The largest absolute Gasteiger partial charge is 0.368 e. The lowest BCUT2D eigenvalue weighted by Gasteiger charge is -2.17. The molecule has 0 radical (unpaired) electrons. The van der Waals surface area contributed by atoms with E-state index in [1.807, 2.05) is 0 Å². The quantitative estimate of drug-likeness (QED) is 0.291. The summed E-state index contributed by atoms with van der Waals surface area (Å²) in [6, 6.07) is 5.81. The number of nitrogen functional groups attached to an aromatic ring is 1. The van der Waals surface area contributed by atoms with E-state index in [4.69, 9.17) is 11.5 Å². The molecule has 190 valence electrons. The van der Waals surface area contributed by atoms with Gasteiger partial charge in [-0.3, -0.25) is 14.6 Å². The van der Waals surface area contributed by atoms with E-state index in [9.17, 15) is 14.0 Å². The predicted molar refractivity (Wildman–Crippen MR) is 140 cm³/mol. The third-order valence-electron chi connectivity index (χ3n) is 5.37. The molecule has 1 aromatic carbocycles. The average Bonchev–Trinajstić information content (AvgIpc) is 3.34. The highest BCUT2D eigenvalue weighted by Crippen LogP contribution is 2.24. The number of aryl methyl sites for hydroxylation is 2. The van der Waals surface area contributed by atoms with Crippen molar-refractivity contribution in [3.63, 3.8) is 0 Å². The minimum absolute atomic E-state index is 0.0342. The van der Waals surface area contributed by atoms with Crippen LogP contribution in [0.2, 0.25) is 0 Å². The maximum atomic E-state index is 13.9. The van der Waals surface area contributed by atoms with Gasteiger partial charge in [0.05, 0.1) is 11.1 Å². The molecule has 4 aromatic rings. The monoisotopic (exact) mass is 502 g/mol. The number of aromatic nitrogens is 5. The second kappa shape index (κ2) is 12.6. The summed E-state index contributed by atoms with van der Waals surface area (Å²) < 4.78 is 15.4. The van der Waals surface area contributed by atoms with E-state index in [0.717, 1.165) is 0 Å². The number of fused-ring (bicyclic) bond motifs is 3. The Morgan fingerprint density at radius 1 is 1.14 bits per heavy atom. The fraction of sp³-hybridized carbons (Fsp3) is 0.231. The van der Waals surface area contributed by atoms with Crippen molar-refractivity contribution in [2.75, 3.05) is 19.3 Å². The standard InChI is InChI=1S/C22H23FN8O2.2C2H2/c1-12-10-13(23)11-15-17(12)28-22(25)31-20(15)27-16(29-31)7-3-4-9-30(2)21(33)18-14(19(24)32)6-5-8-26-18;2*1-2/h5-6,8,10-11H,3-4,7,9H2,1-2H3,(H2,24,32)(H2,25,28);2*1-2H. The zero-order valence-electron chi connectivity index (χ0n) is 20.6. The van der Waals surface area contributed by atoms with Gasteiger partial charge < -0.3 is 16.4 Å². The Morgan fingerprint density at radius 2 is 1.84 bits per heavy atom. The van der Waals surface area contributed by atoms with E-state index < -0.39 is 5.91 Å². The number of rotatable bonds is 7. The number of nitrogens with two attached hydrogens (primary N) is 2. The van der Waals surface area contributed by atoms with E-state index in [1.165, 1.54) is 33.8 Å². The molecule has 37 heavy (non-hydrogen) atoms. The van der Waals surface area contributed by atoms with Crippen LogP contribution in [0.4, 0.5) is 10.3 Å². The SMILES string of the molecule is C#C.C#C.Cc1cc(F)cc2c1nc(N)n1nc(CCCCN(C)C(=O)c3ncccc3C(N)=O)nc21. The van der Waals surface area contributed by atoms with Gasteiger partial charge in [0, 0.05) is 31.6 Å². The van der Waals surface area contributed by atoms with Crippen LogP contribution in [0.3, 0.4) is 0 Å². The summed E-state index contributed by atoms with van der Waals surface area (Å²) in [6.07, 6.45) is 19.3. The minimum atomic E-state index is -0.700. The Bertz CT molecular complexity index is 1470. The topological polar surface area (TPSA) is 145 Å². The Morgan fingerprint density at radius 3 is 2.51 bits per heavy atom. The number of benzene rings is 1. The van der Waals surface area contributed by atoms with Gasteiger partial charge in [-0.2, -0.15) is 4.52 Å². The summed E-state index contributed by atoms with van der Waals surface area (Å²) in [4.78, 5) is 38.6. The first-order chi connectivity index (χ1) is 17.8. The smallest absolute Gasteiger partial charge is 0.273 e. The second-order valence-corrected chi connectivity index (χ2v) is 7.80. The van der Waals surface area contributed by atoms with Gasteiger partial charge in [-0.25, -0.2) is 14.4 Å². The third kappa shape index (κ3) is 6.16. The van der Waals surface area contributed by atoms with Gasteiger partial charge in [0.2, 0.25) is 5.95 Å². The molecule has 4 rings (SSSR count). The number of terminal acetylenes is 2. The molecule has 0 saturated carbocycles. The highest BCUT2D eigenvalue weighted by Gasteiger charge is 2.20. The van der Waals surface area contributed by atoms with Crippen LogP contribution in [0.25, 0.3) is 16.6 Å². The van der Waals surface area contributed by atoms with E-state index in [0.29, 0.717) is 53.7 Å². The number of anilines is 1. The summed E-state index contributed by atoms with van der Waals surface area (Å²) >= 11 is 0. The summed E-state index contributed by atoms with van der Waals surface area (Å²) in [5, 5.41) is 4.95. The predicted octanol–water partition coefficient (Wildman–Crippen LogP) is 2.39. The van der Waals surface area contributed by atoms with Crippen LogP contribution in [0.5, 0.6) is 0 Å². The van der Waals surface area contributed by atoms with Gasteiger partial charge in [0.25, 0.3) is 11.8 Å². The van der Waals surface area contributed by atoms with Crippen LogP contribution in [0.15, 0.2) is 30.5 Å². The van der Waals surface area contributed by atoms with Crippen LogP contribution in [-0.4, -0.2) is 54.9 Å². The average molecular weight is 503 g/mol. The summed E-state index contributed by atoms with van der Waals surface area (Å²) in [6.45, 7) is 2.21. The van der Waals surface area contributed by atoms with E-state index in [2.05, 4.69) is 45.7 Å². The highest BCUT2D eigenvalue weighted by molar-refractivity contribution is 6.05. The molecule has 0 aliphatic rings. The highest BCUT2D eigenvalue weighted by atomic mass is 19.1. The Hall–Kier alpha value is -5.03. The lowest BCUT2D eigenvalue weighted by atomic mass is 10.1. The van der Waals surface area contributed by atoms with E-state index in [1.54, 1.807) is 20.0 Å². The van der Waals surface area contributed by atoms with Crippen molar-refractivity contribution in [2.45, 2.75) is 26.2 Å². The molecule has 0 unspecified atom stereocenters. The van der Waals surface area contributed by atoms with Crippen molar-refractivity contribution in [1.29, 1.82) is 0 Å². The molecule has 0 spiro atoms. The third-order valence-corrected chi connectivity index (χ3v) is 5.37. The van der Waals surface area contributed by atoms with Crippen molar-refractivity contribution in [3.8, 4) is 25.7 Å². The van der Waals surface area contributed by atoms with Crippen molar-refractivity contribution in [2.24, 2.45) is 5.73 Å². The van der Waals surface area contributed by atoms with Gasteiger partial charge in [0.15, 0.2) is 11.5 Å². The first-order valence-corrected chi connectivity index (χ1v) is 11.0. The van der Waals surface area contributed by atoms with Crippen LogP contribution >= 0.6 is 0 Å². The van der Waals surface area contributed by atoms with Gasteiger partial charge in [0.1, 0.15) is 11.5 Å². The molecule has 11 heteroatoms. The molecule has 10 nitrogen and oxygen atoms in total. The maximum absolute atomic E-state index is 13.9. The summed E-state index contributed by atoms with van der Waals surface area (Å²) in [5.41, 5.74) is 13.2. The summed E-state index contributed by atoms with van der Waals surface area (Å²) in [5.74, 6) is -0.727. The molecule has 0 aliphatic carbocycles.